The highest BCUT2D eigenvalue weighted by molar-refractivity contribution is 9.09. The van der Waals surface area contributed by atoms with Crippen LogP contribution in [0.25, 0.3) is 0 Å². The zero-order valence-corrected chi connectivity index (χ0v) is 16.5. The summed E-state index contributed by atoms with van der Waals surface area (Å²) >= 11 is 3.45. The fraction of sp³-hybridized carbons (Fsp3) is 0.429. The molecule has 0 spiro atoms. The molecule has 1 atom stereocenters. The lowest BCUT2D eigenvalue weighted by atomic mass is 10.1. The van der Waals surface area contributed by atoms with Gasteiger partial charge >= 0.3 is 0 Å². The van der Waals surface area contributed by atoms with Gasteiger partial charge in [-0.15, -0.1) is 0 Å². The molecule has 0 aliphatic carbocycles. The minimum Gasteiger partial charge on any atom is -0.494 e. The third kappa shape index (κ3) is 7.77. The van der Waals surface area contributed by atoms with Gasteiger partial charge in [0.25, 0.3) is 0 Å². The van der Waals surface area contributed by atoms with Crippen molar-refractivity contribution in [2.75, 3.05) is 25.2 Å². The third-order valence-corrected chi connectivity index (χ3v) is 4.54. The van der Waals surface area contributed by atoms with E-state index in [9.17, 15) is 5.11 Å². The quantitative estimate of drug-likeness (QED) is 0.403. The highest BCUT2D eigenvalue weighted by Crippen LogP contribution is 2.16. The zero-order chi connectivity index (χ0) is 18.6. The average Bonchev–Trinajstić information content (AvgIpc) is 2.69. The number of rotatable bonds is 12. The SMILES string of the molecule is OC[C@H](O)COc1ccc(CCCOc2ccc(CCCBr)cc2)cc1. The molecule has 2 rings (SSSR count). The van der Waals surface area contributed by atoms with Gasteiger partial charge < -0.3 is 19.7 Å². The summed E-state index contributed by atoms with van der Waals surface area (Å²) < 4.78 is 11.2. The molecular weight excluding hydrogens is 396 g/mol. The van der Waals surface area contributed by atoms with Crippen molar-refractivity contribution in [1.82, 2.24) is 0 Å². The summed E-state index contributed by atoms with van der Waals surface area (Å²) in [6, 6.07) is 16.1. The molecule has 5 heteroatoms. The van der Waals surface area contributed by atoms with Crippen LogP contribution in [0.3, 0.4) is 0 Å². The summed E-state index contributed by atoms with van der Waals surface area (Å²) in [6.45, 7) is 0.484. The van der Waals surface area contributed by atoms with Crippen molar-refractivity contribution in [3.8, 4) is 11.5 Å². The molecule has 0 aliphatic heterocycles. The van der Waals surface area contributed by atoms with Crippen molar-refractivity contribution < 1.29 is 19.7 Å². The smallest absolute Gasteiger partial charge is 0.119 e. The van der Waals surface area contributed by atoms with Crippen LogP contribution in [0.5, 0.6) is 11.5 Å². The first-order valence-electron chi connectivity index (χ1n) is 8.99. The molecule has 26 heavy (non-hydrogen) atoms. The molecule has 0 bridgehead atoms. The number of hydrogen-bond donors (Lipinski definition) is 2. The number of aliphatic hydroxyl groups is 2. The molecule has 4 nitrogen and oxygen atoms in total. The highest BCUT2D eigenvalue weighted by Gasteiger charge is 2.03. The van der Waals surface area contributed by atoms with E-state index in [-0.39, 0.29) is 13.2 Å². The fourth-order valence-electron chi connectivity index (χ4n) is 2.49. The summed E-state index contributed by atoms with van der Waals surface area (Å²) in [4.78, 5) is 0. The normalized spacial score (nSPS) is 12.0. The predicted octanol–water partition coefficient (Wildman–Crippen LogP) is 3.76. The molecule has 0 aliphatic rings. The van der Waals surface area contributed by atoms with Gasteiger partial charge in [0.2, 0.25) is 0 Å². The van der Waals surface area contributed by atoms with Gasteiger partial charge in [-0.3, -0.25) is 0 Å². The Labute approximate surface area is 163 Å². The number of alkyl halides is 1. The van der Waals surface area contributed by atoms with E-state index in [1.54, 1.807) is 0 Å². The van der Waals surface area contributed by atoms with Crippen LogP contribution in [0, 0.1) is 0 Å². The summed E-state index contributed by atoms with van der Waals surface area (Å²) in [6.07, 6.45) is 3.26. The second kappa shape index (κ2) is 11.9. The minimum absolute atomic E-state index is 0.0958. The van der Waals surface area contributed by atoms with Crippen molar-refractivity contribution in [2.45, 2.75) is 31.8 Å². The van der Waals surface area contributed by atoms with E-state index in [2.05, 4.69) is 28.1 Å². The molecule has 0 heterocycles. The zero-order valence-electron chi connectivity index (χ0n) is 14.9. The van der Waals surface area contributed by atoms with Crippen LogP contribution in [-0.2, 0) is 12.8 Å². The standard InChI is InChI=1S/C21H27BrO4/c22-13-1-3-17-5-9-20(10-6-17)25-14-2-4-18-7-11-21(12-8-18)26-16-19(24)15-23/h5-12,19,23-24H,1-4,13-16H2/t19-/m0/s1. The number of ether oxygens (including phenoxy) is 2. The van der Waals surface area contributed by atoms with Gasteiger partial charge in [-0.1, -0.05) is 40.2 Å². The Hall–Kier alpha value is -1.56. The maximum atomic E-state index is 9.27. The van der Waals surface area contributed by atoms with Crippen molar-refractivity contribution in [3.05, 3.63) is 59.7 Å². The molecule has 0 radical (unpaired) electrons. The Morgan fingerprint density at radius 2 is 1.35 bits per heavy atom. The first-order chi connectivity index (χ1) is 12.7. The number of hydrogen-bond acceptors (Lipinski definition) is 4. The van der Waals surface area contributed by atoms with Crippen LogP contribution in [-0.4, -0.2) is 41.5 Å². The third-order valence-electron chi connectivity index (χ3n) is 3.98. The second-order valence-electron chi connectivity index (χ2n) is 6.18. The van der Waals surface area contributed by atoms with Gasteiger partial charge in [0.15, 0.2) is 0 Å². The monoisotopic (exact) mass is 422 g/mol. The molecule has 2 aromatic rings. The lowest BCUT2D eigenvalue weighted by molar-refractivity contribution is 0.0536. The van der Waals surface area contributed by atoms with Crippen LogP contribution in [0.15, 0.2) is 48.5 Å². The Balaban J connectivity index is 1.66. The van der Waals surface area contributed by atoms with Gasteiger partial charge in [0.05, 0.1) is 13.2 Å². The molecule has 142 valence electrons. The number of halogens is 1. The maximum Gasteiger partial charge on any atom is 0.119 e. The molecule has 2 N–H and O–H groups in total. The van der Waals surface area contributed by atoms with E-state index in [1.807, 2.05) is 36.4 Å². The lowest BCUT2D eigenvalue weighted by Crippen LogP contribution is -2.21. The topological polar surface area (TPSA) is 58.9 Å². The molecule has 0 saturated heterocycles. The van der Waals surface area contributed by atoms with Crippen LogP contribution in [0.2, 0.25) is 0 Å². The van der Waals surface area contributed by atoms with E-state index in [0.29, 0.717) is 12.4 Å². The van der Waals surface area contributed by atoms with Crippen LogP contribution in [0.1, 0.15) is 24.0 Å². The van der Waals surface area contributed by atoms with Gasteiger partial charge in [0.1, 0.15) is 24.2 Å². The Morgan fingerprint density at radius 3 is 1.88 bits per heavy atom. The van der Waals surface area contributed by atoms with E-state index in [0.717, 1.165) is 36.8 Å². The largest absolute Gasteiger partial charge is 0.494 e. The first-order valence-corrected chi connectivity index (χ1v) is 10.1. The summed E-state index contributed by atoms with van der Waals surface area (Å²) in [7, 11) is 0. The number of aliphatic hydroxyl groups excluding tert-OH is 2. The number of aryl methyl sites for hydroxylation is 2. The molecule has 0 amide bonds. The Kier molecular flexibility index (Phi) is 9.53. The average molecular weight is 423 g/mol. The van der Waals surface area contributed by atoms with E-state index >= 15 is 0 Å². The van der Waals surface area contributed by atoms with E-state index in [4.69, 9.17) is 14.6 Å². The van der Waals surface area contributed by atoms with Gasteiger partial charge in [0, 0.05) is 5.33 Å². The molecular formula is C21H27BrO4. The fourth-order valence-corrected chi connectivity index (χ4v) is 2.77. The van der Waals surface area contributed by atoms with Gasteiger partial charge in [-0.25, -0.2) is 0 Å². The highest BCUT2D eigenvalue weighted by atomic mass is 79.9. The molecule has 2 aromatic carbocycles. The minimum atomic E-state index is -0.842. The van der Waals surface area contributed by atoms with Crippen molar-refractivity contribution in [2.24, 2.45) is 0 Å². The van der Waals surface area contributed by atoms with Crippen molar-refractivity contribution in [1.29, 1.82) is 0 Å². The summed E-state index contributed by atoms with van der Waals surface area (Å²) in [5, 5.41) is 19.1. The first kappa shape index (κ1) is 20.7. The second-order valence-corrected chi connectivity index (χ2v) is 6.97. The summed E-state index contributed by atoms with van der Waals surface area (Å²) in [5.74, 6) is 1.61. The van der Waals surface area contributed by atoms with Crippen LogP contribution >= 0.6 is 15.9 Å². The van der Waals surface area contributed by atoms with E-state index in [1.165, 1.54) is 11.1 Å². The molecule has 0 saturated carbocycles. The van der Waals surface area contributed by atoms with Crippen molar-refractivity contribution >= 4 is 15.9 Å². The van der Waals surface area contributed by atoms with Crippen LogP contribution in [0.4, 0.5) is 0 Å². The molecule has 0 aromatic heterocycles. The molecule has 0 fully saturated rings. The Bertz CT molecular complexity index is 613. The number of benzene rings is 2. The van der Waals surface area contributed by atoms with Gasteiger partial charge in [-0.2, -0.15) is 0 Å². The summed E-state index contributed by atoms with van der Waals surface area (Å²) in [5.41, 5.74) is 2.55. The van der Waals surface area contributed by atoms with E-state index < -0.39 is 6.10 Å². The Morgan fingerprint density at radius 1 is 0.808 bits per heavy atom. The van der Waals surface area contributed by atoms with Crippen molar-refractivity contribution in [3.63, 3.8) is 0 Å². The lowest BCUT2D eigenvalue weighted by Gasteiger charge is -2.10. The molecule has 0 unspecified atom stereocenters. The van der Waals surface area contributed by atoms with Crippen LogP contribution < -0.4 is 9.47 Å². The van der Waals surface area contributed by atoms with Gasteiger partial charge in [-0.05, 0) is 61.1 Å². The maximum absolute atomic E-state index is 9.27. The predicted molar refractivity (Wildman–Crippen MR) is 107 cm³/mol.